The van der Waals surface area contributed by atoms with Crippen molar-refractivity contribution in [2.75, 3.05) is 0 Å². The van der Waals surface area contributed by atoms with E-state index in [0.29, 0.717) is 11.1 Å². The van der Waals surface area contributed by atoms with E-state index in [1.54, 1.807) is 6.92 Å². The van der Waals surface area contributed by atoms with Crippen molar-refractivity contribution in [3.8, 4) is 0 Å². The molecular formula is C12H23F3O3Si2. The molecule has 20 heavy (non-hydrogen) atoms. The molecule has 0 aliphatic heterocycles. The maximum Gasteiger partial charge on any atom is 0.367 e. The molecule has 2 unspecified atom stereocenters. The van der Waals surface area contributed by atoms with Crippen molar-refractivity contribution < 1.29 is 27.4 Å². The number of carbonyl (C=O) groups is 1. The Labute approximate surface area is 123 Å². The van der Waals surface area contributed by atoms with Crippen LogP contribution in [0.5, 0.6) is 0 Å². The predicted molar refractivity (Wildman–Crippen MR) is 78.4 cm³/mol. The molecule has 0 rings (SSSR count). The molecular weight excluding hydrogens is 305 g/mol. The molecule has 0 saturated carbocycles. The zero-order valence-electron chi connectivity index (χ0n) is 12.6. The summed E-state index contributed by atoms with van der Waals surface area (Å²) in [7, 11) is -0.848. The first-order chi connectivity index (χ1) is 9.11. The summed E-state index contributed by atoms with van der Waals surface area (Å²) in [4.78, 5) is 16.1. The lowest BCUT2D eigenvalue weighted by Crippen LogP contribution is -2.32. The molecule has 0 spiro atoms. The van der Waals surface area contributed by atoms with Gasteiger partial charge in [-0.3, -0.25) is 0 Å². The van der Waals surface area contributed by atoms with Gasteiger partial charge in [0, 0.05) is 20.9 Å². The number of hydrogen-bond donors (Lipinski definition) is 0. The van der Waals surface area contributed by atoms with E-state index in [9.17, 15) is 18.0 Å². The highest BCUT2D eigenvalue weighted by Crippen LogP contribution is 2.34. The highest BCUT2D eigenvalue weighted by molar-refractivity contribution is 6.32. The third kappa shape index (κ3) is 6.71. The van der Waals surface area contributed by atoms with E-state index in [-0.39, 0.29) is 0 Å². The van der Waals surface area contributed by atoms with Crippen molar-refractivity contribution in [3.63, 3.8) is 0 Å². The lowest BCUT2D eigenvalue weighted by atomic mass is 10.1. The van der Waals surface area contributed by atoms with Crippen LogP contribution in [0.4, 0.5) is 13.2 Å². The lowest BCUT2D eigenvalue weighted by molar-refractivity contribution is -0.211. The zero-order chi connectivity index (χ0) is 15.9. The van der Waals surface area contributed by atoms with Gasteiger partial charge >= 0.3 is 5.97 Å². The van der Waals surface area contributed by atoms with Crippen LogP contribution in [0, 0.1) is 0 Å². The van der Waals surface area contributed by atoms with Gasteiger partial charge in [-0.15, -0.1) is 0 Å². The molecule has 0 heterocycles. The second-order valence-corrected chi connectivity index (χ2v) is 9.42. The molecule has 0 aliphatic rings. The van der Waals surface area contributed by atoms with Gasteiger partial charge in [-0.1, -0.05) is 33.3 Å². The number of alkyl halides is 3. The number of hydrogen-bond acceptors (Lipinski definition) is 3. The Bertz CT molecular complexity index is 349. The van der Waals surface area contributed by atoms with E-state index in [0.717, 1.165) is 16.7 Å². The molecule has 0 aromatic rings. The Balaban J connectivity index is 4.31. The highest BCUT2D eigenvalue weighted by Gasteiger charge is 2.38. The molecule has 2 atom stereocenters. The zero-order valence-corrected chi connectivity index (χ0v) is 16.0. The van der Waals surface area contributed by atoms with Crippen molar-refractivity contribution in [2.45, 2.75) is 57.3 Å². The summed E-state index contributed by atoms with van der Waals surface area (Å²) in [5.74, 6) is -0.643. The van der Waals surface area contributed by atoms with Gasteiger partial charge in [-0.05, 0) is 12.5 Å². The molecule has 0 N–H and O–H groups in total. The van der Waals surface area contributed by atoms with Crippen LogP contribution in [0.2, 0.25) is 10.6 Å². The van der Waals surface area contributed by atoms with Crippen molar-refractivity contribution >= 4 is 26.0 Å². The van der Waals surface area contributed by atoms with Crippen LogP contribution >= 0.6 is 0 Å². The van der Waals surface area contributed by atoms with Gasteiger partial charge in [0.25, 0.3) is 6.43 Å². The molecule has 0 aliphatic carbocycles. The molecule has 0 aromatic carbocycles. The van der Waals surface area contributed by atoms with Gasteiger partial charge in [0.15, 0.2) is 6.17 Å². The van der Waals surface area contributed by atoms with E-state index in [2.05, 4.69) is 4.89 Å². The summed E-state index contributed by atoms with van der Waals surface area (Å²) in [6, 6.07) is 0. The van der Waals surface area contributed by atoms with Gasteiger partial charge in [-0.25, -0.2) is 22.5 Å². The molecule has 0 radical (unpaired) electrons. The summed E-state index contributed by atoms with van der Waals surface area (Å²) >= 11 is 0. The van der Waals surface area contributed by atoms with Crippen LogP contribution in [0.15, 0.2) is 11.6 Å². The maximum absolute atomic E-state index is 13.3. The van der Waals surface area contributed by atoms with Crippen molar-refractivity contribution in [2.24, 2.45) is 0 Å². The van der Waals surface area contributed by atoms with Crippen LogP contribution in [-0.2, 0) is 14.3 Å². The quantitative estimate of drug-likeness (QED) is 0.295. The fourth-order valence-corrected chi connectivity index (χ4v) is 2.64. The van der Waals surface area contributed by atoms with Crippen LogP contribution in [0.25, 0.3) is 0 Å². The van der Waals surface area contributed by atoms with E-state index in [4.69, 9.17) is 4.58 Å². The largest absolute Gasteiger partial charge is 0.367 e. The SMILES string of the molecule is CCC([SiH3])C=C(C)C(=O)OO[SiH2]C(C)(C)C(F)C(F)F. The Morgan fingerprint density at radius 3 is 2.40 bits per heavy atom. The Kier molecular flexibility index (Phi) is 8.37. The summed E-state index contributed by atoms with van der Waals surface area (Å²) in [6.07, 6.45) is -2.59. The second-order valence-electron chi connectivity index (χ2n) is 5.59. The highest BCUT2D eigenvalue weighted by atomic mass is 28.2. The van der Waals surface area contributed by atoms with Gasteiger partial charge in [0.2, 0.25) is 9.76 Å². The summed E-state index contributed by atoms with van der Waals surface area (Å²) in [5.41, 5.74) is 0.787. The van der Waals surface area contributed by atoms with Crippen molar-refractivity contribution in [1.29, 1.82) is 0 Å². The second kappa shape index (κ2) is 8.63. The Morgan fingerprint density at radius 2 is 1.95 bits per heavy atom. The molecule has 0 saturated heterocycles. The average Bonchev–Trinajstić information content (AvgIpc) is 2.36. The molecule has 0 amide bonds. The van der Waals surface area contributed by atoms with Crippen LogP contribution < -0.4 is 0 Å². The molecule has 0 fully saturated rings. The summed E-state index contributed by atoms with van der Waals surface area (Å²) < 4.78 is 42.6. The summed E-state index contributed by atoms with van der Waals surface area (Å²) in [5, 5.41) is -1.30. The monoisotopic (exact) mass is 328 g/mol. The van der Waals surface area contributed by atoms with Gasteiger partial charge < -0.3 is 4.89 Å². The fraction of sp³-hybridized carbons (Fsp3) is 0.750. The fourth-order valence-electron chi connectivity index (χ4n) is 1.33. The molecule has 118 valence electrons. The minimum absolute atomic E-state index is 0.366. The van der Waals surface area contributed by atoms with Crippen molar-refractivity contribution in [3.05, 3.63) is 11.6 Å². The first kappa shape index (κ1) is 19.4. The number of halogens is 3. The van der Waals surface area contributed by atoms with Crippen LogP contribution in [0.1, 0.15) is 34.1 Å². The van der Waals surface area contributed by atoms with E-state index < -0.39 is 33.4 Å². The van der Waals surface area contributed by atoms with E-state index >= 15 is 0 Å². The number of carbonyl (C=O) groups excluding carboxylic acids is 1. The van der Waals surface area contributed by atoms with Gasteiger partial charge in [0.05, 0.1) is 0 Å². The number of allylic oxidation sites excluding steroid dienone is 1. The third-order valence-corrected chi connectivity index (χ3v) is 5.55. The smallest absolute Gasteiger partial charge is 0.306 e. The van der Waals surface area contributed by atoms with E-state index in [1.807, 2.05) is 13.0 Å². The van der Waals surface area contributed by atoms with Crippen LogP contribution in [-0.4, -0.2) is 38.6 Å². The lowest BCUT2D eigenvalue weighted by Gasteiger charge is -2.26. The molecule has 3 nitrogen and oxygen atoms in total. The summed E-state index contributed by atoms with van der Waals surface area (Å²) in [6.45, 7) is 6.31. The molecule has 0 bridgehead atoms. The standard InChI is InChI=1S/C12H23F3O3Si2/c1-5-8(19)6-7(2)11(16)17-18-20-12(3,4)9(13)10(14)15/h6,8-10H,5,20H2,1-4,19H3. The van der Waals surface area contributed by atoms with E-state index in [1.165, 1.54) is 13.8 Å². The van der Waals surface area contributed by atoms with Crippen molar-refractivity contribution in [1.82, 2.24) is 0 Å². The third-order valence-electron chi connectivity index (χ3n) is 3.03. The number of rotatable bonds is 8. The first-order valence-electron chi connectivity index (χ1n) is 6.56. The van der Waals surface area contributed by atoms with Gasteiger partial charge in [0.1, 0.15) is 0 Å². The Hall–Kier alpha value is -0.606. The topological polar surface area (TPSA) is 35.5 Å². The minimum atomic E-state index is -3.06. The molecule has 8 heteroatoms. The van der Waals surface area contributed by atoms with Crippen LogP contribution in [0.3, 0.4) is 0 Å². The molecule has 0 aromatic heterocycles. The maximum atomic E-state index is 13.3. The van der Waals surface area contributed by atoms with Gasteiger partial charge in [-0.2, -0.15) is 0 Å². The average molecular weight is 328 g/mol. The Morgan fingerprint density at radius 1 is 1.40 bits per heavy atom. The minimum Gasteiger partial charge on any atom is -0.306 e. The predicted octanol–water partition coefficient (Wildman–Crippen LogP) is 1.86. The normalized spacial score (nSPS) is 16.9. The first-order valence-corrected chi connectivity index (χ1v) is 9.00.